The average molecular weight is 346 g/mol. The zero-order chi connectivity index (χ0) is 18.0. The van der Waals surface area contributed by atoms with Gasteiger partial charge in [-0.2, -0.15) is 0 Å². The van der Waals surface area contributed by atoms with Gasteiger partial charge in [0.1, 0.15) is 38.7 Å². The molecule has 0 aromatic rings. The van der Waals surface area contributed by atoms with Crippen molar-refractivity contribution in [3.63, 3.8) is 0 Å². The minimum Gasteiger partial charge on any atom is -0.372 e. The summed E-state index contributed by atoms with van der Waals surface area (Å²) >= 11 is 0. The lowest BCUT2D eigenvalue weighted by molar-refractivity contribution is -0.174. The Hall–Kier alpha value is -0.980. The van der Waals surface area contributed by atoms with Crippen molar-refractivity contribution in [2.45, 2.75) is 31.2 Å². The predicted molar refractivity (Wildman–Crippen MR) is 89.3 cm³/mol. The number of terminal acetylenes is 1. The summed E-state index contributed by atoms with van der Waals surface area (Å²) in [5, 5.41) is 0. The van der Waals surface area contributed by atoms with E-state index < -0.39 is 18.3 Å². The van der Waals surface area contributed by atoms with Crippen LogP contribution in [0.4, 0.5) is 0 Å². The molecule has 0 aliphatic rings. The van der Waals surface area contributed by atoms with Crippen LogP contribution in [-0.4, -0.2) is 73.2 Å². The lowest BCUT2D eigenvalue weighted by Crippen LogP contribution is -2.42. The molecule has 24 heavy (non-hydrogen) atoms. The van der Waals surface area contributed by atoms with Gasteiger partial charge in [-0.3, -0.25) is 0 Å². The van der Waals surface area contributed by atoms with Gasteiger partial charge in [-0.25, -0.2) is 0 Å². The third-order valence-electron chi connectivity index (χ3n) is 2.96. The second kappa shape index (κ2) is 16.9. The molecule has 7 heteroatoms. The Morgan fingerprint density at radius 1 is 0.958 bits per heavy atom. The molecule has 0 saturated carbocycles. The smallest absolute Gasteiger partial charge is 0.147 e. The normalized spacial score (nSPS) is 14.8. The monoisotopic (exact) mass is 346 g/mol. The van der Waals surface area contributed by atoms with E-state index in [9.17, 15) is 0 Å². The molecule has 0 unspecified atom stereocenters. The number of rotatable bonds is 17. The molecule has 0 bridgehead atoms. The molecule has 0 spiro atoms. The van der Waals surface area contributed by atoms with Gasteiger partial charge in [-0.15, -0.1) is 18.9 Å². The third kappa shape index (κ3) is 10.7. The summed E-state index contributed by atoms with van der Waals surface area (Å²) in [5.41, 5.74) is 0. The minimum absolute atomic E-state index is 0.108. The van der Waals surface area contributed by atoms with Gasteiger partial charge in [-0.05, 0) is 6.42 Å². The number of methoxy groups -OCH3 is 3. The highest BCUT2D eigenvalue weighted by atomic mass is 16.7. The van der Waals surface area contributed by atoms with Crippen LogP contribution in [0.2, 0.25) is 0 Å². The average Bonchev–Trinajstić information content (AvgIpc) is 2.60. The van der Waals surface area contributed by atoms with Gasteiger partial charge in [0.25, 0.3) is 0 Å². The number of ether oxygens (including phenoxy) is 7. The molecular weight excluding hydrogens is 316 g/mol. The first-order valence-electron chi connectivity index (χ1n) is 7.70. The first-order chi connectivity index (χ1) is 11.7. The summed E-state index contributed by atoms with van der Waals surface area (Å²) in [6, 6.07) is 0. The van der Waals surface area contributed by atoms with Crippen LogP contribution >= 0.6 is 0 Å². The fourth-order valence-corrected chi connectivity index (χ4v) is 1.92. The van der Waals surface area contributed by atoms with Crippen molar-refractivity contribution in [3.8, 4) is 12.3 Å². The Balaban J connectivity index is 4.70. The molecule has 0 aromatic heterocycles. The van der Waals surface area contributed by atoms with Crippen LogP contribution < -0.4 is 0 Å². The SMILES string of the molecule is C#CC[C@@H](OCOC)[C@@H](OCCCOCOC)[C@@H](C=C)OCOC. The van der Waals surface area contributed by atoms with Crippen LogP contribution in [0.1, 0.15) is 12.8 Å². The molecule has 0 amide bonds. The van der Waals surface area contributed by atoms with E-state index in [4.69, 9.17) is 39.6 Å². The van der Waals surface area contributed by atoms with Crippen molar-refractivity contribution in [3.05, 3.63) is 12.7 Å². The van der Waals surface area contributed by atoms with Gasteiger partial charge < -0.3 is 33.2 Å². The molecule has 0 heterocycles. The van der Waals surface area contributed by atoms with Crippen molar-refractivity contribution in [1.82, 2.24) is 0 Å². The second-order valence-electron chi connectivity index (χ2n) is 4.80. The lowest BCUT2D eigenvalue weighted by Gasteiger charge is -2.31. The fraction of sp³-hybridized carbons (Fsp3) is 0.765. The van der Waals surface area contributed by atoms with E-state index in [-0.39, 0.29) is 20.4 Å². The van der Waals surface area contributed by atoms with Crippen LogP contribution in [0.3, 0.4) is 0 Å². The molecule has 0 aliphatic heterocycles. The maximum Gasteiger partial charge on any atom is 0.147 e. The van der Waals surface area contributed by atoms with E-state index in [0.29, 0.717) is 26.1 Å². The van der Waals surface area contributed by atoms with Gasteiger partial charge in [0.15, 0.2) is 0 Å². The van der Waals surface area contributed by atoms with Crippen LogP contribution in [0.15, 0.2) is 12.7 Å². The van der Waals surface area contributed by atoms with E-state index in [1.165, 1.54) is 0 Å². The van der Waals surface area contributed by atoms with Crippen LogP contribution in [0.25, 0.3) is 0 Å². The van der Waals surface area contributed by atoms with Crippen LogP contribution in [0.5, 0.6) is 0 Å². The van der Waals surface area contributed by atoms with Crippen molar-refractivity contribution in [1.29, 1.82) is 0 Å². The van der Waals surface area contributed by atoms with Gasteiger partial charge >= 0.3 is 0 Å². The van der Waals surface area contributed by atoms with Crippen molar-refractivity contribution < 1.29 is 33.2 Å². The van der Waals surface area contributed by atoms with E-state index >= 15 is 0 Å². The Labute approximate surface area is 145 Å². The van der Waals surface area contributed by atoms with E-state index in [0.717, 1.165) is 0 Å². The Morgan fingerprint density at radius 3 is 2.21 bits per heavy atom. The summed E-state index contributed by atoms with van der Waals surface area (Å²) in [5.74, 6) is 2.59. The maximum atomic E-state index is 5.94. The number of hydrogen-bond acceptors (Lipinski definition) is 7. The molecule has 0 saturated heterocycles. The molecule has 0 rings (SSSR count). The van der Waals surface area contributed by atoms with E-state index in [1.54, 1.807) is 27.4 Å². The van der Waals surface area contributed by atoms with E-state index in [1.807, 2.05) is 0 Å². The van der Waals surface area contributed by atoms with Crippen molar-refractivity contribution in [2.24, 2.45) is 0 Å². The molecule has 0 aliphatic carbocycles. The first kappa shape index (κ1) is 23.0. The molecule has 140 valence electrons. The van der Waals surface area contributed by atoms with Crippen molar-refractivity contribution >= 4 is 0 Å². The van der Waals surface area contributed by atoms with Crippen molar-refractivity contribution in [2.75, 3.05) is 54.9 Å². The highest BCUT2D eigenvalue weighted by molar-refractivity contribution is 4.97. The molecular formula is C17H30O7. The highest BCUT2D eigenvalue weighted by Crippen LogP contribution is 2.17. The summed E-state index contributed by atoms with van der Waals surface area (Å²) in [6.45, 7) is 5.24. The summed E-state index contributed by atoms with van der Waals surface area (Å²) in [7, 11) is 4.66. The second-order valence-corrected chi connectivity index (χ2v) is 4.80. The van der Waals surface area contributed by atoms with Crippen LogP contribution in [-0.2, 0) is 33.2 Å². The Kier molecular flexibility index (Phi) is 16.2. The number of hydrogen-bond donors (Lipinski definition) is 0. The zero-order valence-electron chi connectivity index (χ0n) is 14.9. The zero-order valence-corrected chi connectivity index (χ0v) is 14.9. The quantitative estimate of drug-likeness (QED) is 0.171. The molecule has 0 aromatic carbocycles. The first-order valence-corrected chi connectivity index (χ1v) is 7.70. The largest absolute Gasteiger partial charge is 0.372 e. The van der Waals surface area contributed by atoms with Gasteiger partial charge in [0.2, 0.25) is 0 Å². The lowest BCUT2D eigenvalue weighted by atomic mass is 10.0. The standard InChI is InChI=1S/C17H30O7/c1-6-9-16(24-14-20-5)17(15(7-2)23-13-19-4)22-11-8-10-21-12-18-3/h1,7,15-17H,2,8-14H2,3-5H3/t15-,16-,17+/m1/s1. The molecule has 0 fully saturated rings. The summed E-state index contributed by atoms with van der Waals surface area (Å²) < 4.78 is 37.1. The van der Waals surface area contributed by atoms with Gasteiger partial charge in [0.05, 0.1) is 6.61 Å². The predicted octanol–water partition coefficient (Wildman–Crippen LogP) is 1.57. The molecule has 0 radical (unpaired) electrons. The highest BCUT2D eigenvalue weighted by Gasteiger charge is 2.30. The Bertz CT molecular complexity index is 329. The third-order valence-corrected chi connectivity index (χ3v) is 2.96. The van der Waals surface area contributed by atoms with Gasteiger partial charge in [0, 0.05) is 34.4 Å². The Morgan fingerprint density at radius 2 is 1.62 bits per heavy atom. The molecule has 0 N–H and O–H groups in total. The van der Waals surface area contributed by atoms with Gasteiger partial charge in [-0.1, -0.05) is 6.08 Å². The van der Waals surface area contributed by atoms with Crippen LogP contribution in [0, 0.1) is 12.3 Å². The minimum atomic E-state index is -0.439. The summed E-state index contributed by atoms with van der Waals surface area (Å²) in [6.07, 6.45) is 6.87. The van der Waals surface area contributed by atoms with E-state index in [2.05, 4.69) is 12.5 Å². The fourth-order valence-electron chi connectivity index (χ4n) is 1.92. The maximum absolute atomic E-state index is 5.94. The molecule has 3 atom stereocenters. The topological polar surface area (TPSA) is 64.6 Å². The molecule has 7 nitrogen and oxygen atoms in total. The summed E-state index contributed by atoms with van der Waals surface area (Å²) in [4.78, 5) is 0.